The quantitative estimate of drug-likeness (QED) is 0.567. The molecule has 20 heavy (non-hydrogen) atoms. The predicted octanol–water partition coefficient (Wildman–Crippen LogP) is 3.13. The molecule has 1 aromatic carbocycles. The molecule has 0 heterocycles. The van der Waals surface area contributed by atoms with Crippen LogP contribution in [0.5, 0.6) is 0 Å². The fraction of sp³-hybridized carbons (Fsp3) is 0.375. The highest BCUT2D eigenvalue weighted by atomic mass is 16.5. The zero-order valence-corrected chi connectivity index (χ0v) is 11.9. The molecule has 108 valence electrons. The van der Waals surface area contributed by atoms with Crippen LogP contribution in [0.2, 0.25) is 0 Å². The number of carbonyl (C=O) groups is 2. The first kappa shape index (κ1) is 16.0. The van der Waals surface area contributed by atoms with Crippen molar-refractivity contribution in [2.75, 3.05) is 6.61 Å². The number of ether oxygens (including phenoxy) is 2. The highest BCUT2D eigenvalue weighted by Crippen LogP contribution is 2.09. The Hall–Kier alpha value is -2.10. The first-order chi connectivity index (χ1) is 9.67. The summed E-state index contributed by atoms with van der Waals surface area (Å²) in [5.74, 6) is -0.818. The summed E-state index contributed by atoms with van der Waals surface area (Å²) in [5.41, 5.74) is 0.498. The van der Waals surface area contributed by atoms with E-state index in [9.17, 15) is 9.59 Å². The summed E-state index contributed by atoms with van der Waals surface area (Å²) in [6.07, 6.45) is 3.97. The standard InChI is InChI=1S/C16H20O4/c1-3-8-14(11-12-15(17)19-4-2)20-16(18)13-9-6-5-7-10-13/h5-7,9-12,14H,3-4,8H2,1-2H3/b12-11+/t14-/m0/s1. The highest BCUT2D eigenvalue weighted by molar-refractivity contribution is 5.89. The van der Waals surface area contributed by atoms with Crippen LogP contribution in [-0.4, -0.2) is 24.6 Å². The first-order valence-corrected chi connectivity index (χ1v) is 6.78. The lowest BCUT2D eigenvalue weighted by Gasteiger charge is -2.13. The molecule has 1 aromatic rings. The van der Waals surface area contributed by atoms with Crippen molar-refractivity contribution in [1.29, 1.82) is 0 Å². The van der Waals surface area contributed by atoms with Crippen LogP contribution in [0.1, 0.15) is 37.0 Å². The van der Waals surface area contributed by atoms with Crippen molar-refractivity contribution >= 4 is 11.9 Å². The highest BCUT2D eigenvalue weighted by Gasteiger charge is 2.13. The second-order valence-corrected chi connectivity index (χ2v) is 4.21. The molecule has 0 unspecified atom stereocenters. The molecule has 0 amide bonds. The SMILES string of the molecule is CCC[C@@H](/C=C/C(=O)OCC)OC(=O)c1ccccc1. The maximum Gasteiger partial charge on any atom is 0.338 e. The maximum atomic E-state index is 11.9. The third-order valence-electron chi connectivity index (χ3n) is 2.57. The van der Waals surface area contributed by atoms with Crippen molar-refractivity contribution in [3.05, 3.63) is 48.0 Å². The molecule has 1 rings (SSSR count). The number of hydrogen-bond donors (Lipinski definition) is 0. The molecule has 0 saturated heterocycles. The summed E-state index contributed by atoms with van der Waals surface area (Å²) >= 11 is 0. The van der Waals surface area contributed by atoms with Crippen LogP contribution in [0.25, 0.3) is 0 Å². The van der Waals surface area contributed by atoms with E-state index in [1.165, 1.54) is 6.08 Å². The van der Waals surface area contributed by atoms with Gasteiger partial charge >= 0.3 is 11.9 Å². The van der Waals surface area contributed by atoms with Gasteiger partial charge in [-0.15, -0.1) is 0 Å². The van der Waals surface area contributed by atoms with E-state index in [4.69, 9.17) is 9.47 Å². The second kappa shape index (κ2) is 8.91. The van der Waals surface area contributed by atoms with Gasteiger partial charge in [0.15, 0.2) is 0 Å². The Morgan fingerprint density at radius 2 is 1.90 bits per heavy atom. The van der Waals surface area contributed by atoms with Gasteiger partial charge < -0.3 is 9.47 Å². The van der Waals surface area contributed by atoms with Gasteiger partial charge in [0.25, 0.3) is 0 Å². The number of carbonyl (C=O) groups excluding carboxylic acids is 2. The average molecular weight is 276 g/mol. The zero-order valence-electron chi connectivity index (χ0n) is 11.9. The minimum Gasteiger partial charge on any atom is -0.463 e. The summed E-state index contributed by atoms with van der Waals surface area (Å²) in [6, 6.07) is 8.78. The van der Waals surface area contributed by atoms with Gasteiger partial charge in [0.2, 0.25) is 0 Å². The smallest absolute Gasteiger partial charge is 0.338 e. The molecular weight excluding hydrogens is 256 g/mol. The van der Waals surface area contributed by atoms with Gasteiger partial charge in [-0.2, -0.15) is 0 Å². The van der Waals surface area contributed by atoms with Crippen LogP contribution in [0.15, 0.2) is 42.5 Å². The maximum absolute atomic E-state index is 11.9. The van der Waals surface area contributed by atoms with Crippen LogP contribution < -0.4 is 0 Å². The Labute approximate surface area is 119 Å². The Morgan fingerprint density at radius 3 is 2.50 bits per heavy atom. The van der Waals surface area contributed by atoms with Gasteiger partial charge in [-0.3, -0.25) is 0 Å². The van der Waals surface area contributed by atoms with Crippen molar-refractivity contribution in [3.63, 3.8) is 0 Å². The van der Waals surface area contributed by atoms with Crippen molar-refractivity contribution < 1.29 is 19.1 Å². The zero-order chi connectivity index (χ0) is 14.8. The van der Waals surface area contributed by atoms with Crippen molar-refractivity contribution in [1.82, 2.24) is 0 Å². The molecule has 0 spiro atoms. The van der Waals surface area contributed by atoms with E-state index in [0.717, 1.165) is 6.42 Å². The molecule has 4 nitrogen and oxygen atoms in total. The van der Waals surface area contributed by atoms with Crippen LogP contribution in [0.3, 0.4) is 0 Å². The van der Waals surface area contributed by atoms with Gasteiger partial charge in [-0.05, 0) is 31.6 Å². The summed E-state index contributed by atoms with van der Waals surface area (Å²) < 4.78 is 10.2. The molecule has 0 fully saturated rings. The van der Waals surface area contributed by atoms with Crippen LogP contribution in [0, 0.1) is 0 Å². The molecule has 1 atom stereocenters. The number of rotatable bonds is 7. The summed E-state index contributed by atoms with van der Waals surface area (Å²) in [6.45, 7) is 4.05. The lowest BCUT2D eigenvalue weighted by atomic mass is 10.2. The van der Waals surface area contributed by atoms with Crippen molar-refractivity contribution in [2.45, 2.75) is 32.8 Å². The fourth-order valence-electron chi connectivity index (χ4n) is 1.63. The van der Waals surface area contributed by atoms with Crippen molar-refractivity contribution in [3.8, 4) is 0 Å². The van der Waals surface area contributed by atoms with E-state index < -0.39 is 18.0 Å². The Morgan fingerprint density at radius 1 is 1.20 bits per heavy atom. The van der Waals surface area contributed by atoms with Gasteiger partial charge in [-0.1, -0.05) is 31.5 Å². The van der Waals surface area contributed by atoms with Gasteiger partial charge in [-0.25, -0.2) is 9.59 Å². The number of hydrogen-bond acceptors (Lipinski definition) is 4. The summed E-state index contributed by atoms with van der Waals surface area (Å²) in [7, 11) is 0. The third kappa shape index (κ3) is 5.69. The molecule has 0 aliphatic rings. The van der Waals surface area contributed by atoms with E-state index >= 15 is 0 Å². The first-order valence-electron chi connectivity index (χ1n) is 6.78. The minimum atomic E-state index is -0.427. The summed E-state index contributed by atoms with van der Waals surface area (Å²) in [5, 5.41) is 0. The van der Waals surface area contributed by atoms with Crippen LogP contribution >= 0.6 is 0 Å². The number of esters is 2. The van der Waals surface area contributed by atoms with E-state index in [2.05, 4.69) is 0 Å². The monoisotopic (exact) mass is 276 g/mol. The fourth-order valence-corrected chi connectivity index (χ4v) is 1.63. The molecule has 0 bridgehead atoms. The Kier molecular flexibility index (Phi) is 7.11. The topological polar surface area (TPSA) is 52.6 Å². The van der Waals surface area contributed by atoms with Gasteiger partial charge in [0.1, 0.15) is 6.10 Å². The van der Waals surface area contributed by atoms with E-state index in [0.29, 0.717) is 18.6 Å². The Balaban J connectivity index is 2.63. The lowest BCUT2D eigenvalue weighted by molar-refractivity contribution is -0.137. The average Bonchev–Trinajstić information content (AvgIpc) is 2.46. The molecule has 0 N–H and O–H groups in total. The second-order valence-electron chi connectivity index (χ2n) is 4.21. The molecule has 0 aromatic heterocycles. The normalized spacial score (nSPS) is 12.1. The van der Waals surface area contributed by atoms with E-state index in [1.807, 2.05) is 13.0 Å². The molecular formula is C16H20O4. The van der Waals surface area contributed by atoms with Gasteiger partial charge in [0.05, 0.1) is 12.2 Å². The Bertz CT molecular complexity index is 451. The molecule has 0 radical (unpaired) electrons. The minimum absolute atomic E-state index is 0.325. The van der Waals surface area contributed by atoms with E-state index in [-0.39, 0.29) is 0 Å². The lowest BCUT2D eigenvalue weighted by Crippen LogP contribution is -2.16. The predicted molar refractivity (Wildman–Crippen MR) is 76.3 cm³/mol. The third-order valence-corrected chi connectivity index (χ3v) is 2.57. The molecule has 0 aliphatic carbocycles. The van der Waals surface area contributed by atoms with Crippen LogP contribution in [-0.2, 0) is 14.3 Å². The molecule has 0 saturated carbocycles. The van der Waals surface area contributed by atoms with Crippen molar-refractivity contribution in [2.24, 2.45) is 0 Å². The summed E-state index contributed by atoms with van der Waals surface area (Å²) in [4.78, 5) is 23.2. The van der Waals surface area contributed by atoms with E-state index in [1.54, 1.807) is 37.3 Å². The molecule has 4 heteroatoms. The number of benzene rings is 1. The van der Waals surface area contributed by atoms with Gasteiger partial charge in [0, 0.05) is 6.08 Å². The molecule has 0 aliphatic heterocycles. The van der Waals surface area contributed by atoms with Crippen LogP contribution in [0.4, 0.5) is 0 Å². The largest absolute Gasteiger partial charge is 0.463 e.